The number of aromatic nitrogens is 1. The van der Waals surface area contributed by atoms with Crippen molar-refractivity contribution in [2.24, 2.45) is 0 Å². The summed E-state index contributed by atoms with van der Waals surface area (Å²) in [4.78, 5) is 18.8. The van der Waals surface area contributed by atoms with Gasteiger partial charge in [-0.3, -0.25) is 9.78 Å². The first-order valence-electron chi connectivity index (χ1n) is 8.77. The Bertz CT molecular complexity index is 897. The number of benzene rings is 2. The SMILES string of the molecule is COc1ccccc1CNC(=O)c1cncc(N(C)Cc2ccccc2)c1. The second-order valence-electron chi connectivity index (χ2n) is 6.27. The van der Waals surface area contributed by atoms with Gasteiger partial charge in [0, 0.05) is 31.9 Å². The number of carbonyl (C=O) groups is 1. The summed E-state index contributed by atoms with van der Waals surface area (Å²) in [5, 5.41) is 2.93. The van der Waals surface area contributed by atoms with E-state index in [1.165, 1.54) is 5.56 Å². The minimum absolute atomic E-state index is 0.164. The molecule has 0 aliphatic carbocycles. The predicted octanol–water partition coefficient (Wildman–Crippen LogP) is 3.66. The first kappa shape index (κ1) is 18.5. The van der Waals surface area contributed by atoms with Crippen molar-refractivity contribution in [1.82, 2.24) is 10.3 Å². The number of methoxy groups -OCH3 is 1. The number of hydrogen-bond donors (Lipinski definition) is 1. The number of hydrogen-bond acceptors (Lipinski definition) is 4. The van der Waals surface area contributed by atoms with Gasteiger partial charge in [-0.2, -0.15) is 0 Å². The molecule has 3 aromatic rings. The summed E-state index contributed by atoms with van der Waals surface area (Å²) >= 11 is 0. The smallest absolute Gasteiger partial charge is 0.253 e. The molecule has 0 radical (unpaired) electrons. The summed E-state index contributed by atoms with van der Waals surface area (Å²) in [6.07, 6.45) is 3.34. The zero-order valence-electron chi connectivity index (χ0n) is 15.6. The lowest BCUT2D eigenvalue weighted by molar-refractivity contribution is 0.0950. The second-order valence-corrected chi connectivity index (χ2v) is 6.27. The summed E-state index contributed by atoms with van der Waals surface area (Å²) in [6, 6.07) is 19.7. The van der Waals surface area contributed by atoms with E-state index in [9.17, 15) is 4.79 Å². The molecule has 1 N–H and O–H groups in total. The number of nitrogens with zero attached hydrogens (tertiary/aromatic N) is 2. The lowest BCUT2D eigenvalue weighted by Gasteiger charge is -2.19. The van der Waals surface area contributed by atoms with Crippen LogP contribution in [0.2, 0.25) is 0 Å². The first-order valence-corrected chi connectivity index (χ1v) is 8.77. The third kappa shape index (κ3) is 4.85. The zero-order valence-corrected chi connectivity index (χ0v) is 15.6. The lowest BCUT2D eigenvalue weighted by atomic mass is 10.2. The molecule has 5 heteroatoms. The van der Waals surface area contributed by atoms with Crippen molar-refractivity contribution in [2.45, 2.75) is 13.1 Å². The molecule has 0 saturated carbocycles. The highest BCUT2D eigenvalue weighted by molar-refractivity contribution is 5.94. The molecule has 0 aliphatic heterocycles. The van der Waals surface area contributed by atoms with Gasteiger partial charge in [-0.15, -0.1) is 0 Å². The number of nitrogens with one attached hydrogen (secondary N) is 1. The topological polar surface area (TPSA) is 54.5 Å². The molecule has 1 aromatic heterocycles. The summed E-state index contributed by atoms with van der Waals surface area (Å²) in [5.41, 5.74) is 3.55. The van der Waals surface area contributed by atoms with E-state index in [4.69, 9.17) is 4.74 Å². The average molecular weight is 361 g/mol. The molecule has 0 aliphatic rings. The van der Waals surface area contributed by atoms with E-state index in [-0.39, 0.29) is 5.91 Å². The molecule has 5 nitrogen and oxygen atoms in total. The molecule has 0 atom stereocenters. The van der Waals surface area contributed by atoms with Gasteiger partial charge in [0.2, 0.25) is 0 Å². The Balaban J connectivity index is 1.66. The Morgan fingerprint density at radius 2 is 1.81 bits per heavy atom. The van der Waals surface area contributed by atoms with Gasteiger partial charge >= 0.3 is 0 Å². The van der Waals surface area contributed by atoms with Crippen molar-refractivity contribution < 1.29 is 9.53 Å². The van der Waals surface area contributed by atoms with Gasteiger partial charge in [0.05, 0.1) is 24.6 Å². The summed E-state index contributed by atoms with van der Waals surface area (Å²) in [5.74, 6) is 0.593. The van der Waals surface area contributed by atoms with Crippen LogP contribution in [0, 0.1) is 0 Å². The first-order chi connectivity index (χ1) is 13.2. The zero-order chi connectivity index (χ0) is 19.1. The summed E-state index contributed by atoms with van der Waals surface area (Å²) < 4.78 is 5.32. The number of amides is 1. The standard InChI is InChI=1S/C22H23N3O2/c1-25(16-17-8-4-3-5-9-17)20-12-19(13-23-15-20)22(26)24-14-18-10-6-7-11-21(18)27-2/h3-13,15H,14,16H2,1-2H3,(H,24,26). The molecule has 1 amide bonds. The lowest BCUT2D eigenvalue weighted by Crippen LogP contribution is -2.24. The summed E-state index contributed by atoms with van der Waals surface area (Å²) in [7, 11) is 3.61. The second kappa shape index (κ2) is 8.85. The number of para-hydroxylation sites is 1. The van der Waals surface area contributed by atoms with Gasteiger partial charge < -0.3 is 15.0 Å². The minimum atomic E-state index is -0.164. The highest BCUT2D eigenvalue weighted by atomic mass is 16.5. The molecular weight excluding hydrogens is 338 g/mol. The number of rotatable bonds is 7. The van der Waals surface area contributed by atoms with Gasteiger partial charge in [0.25, 0.3) is 5.91 Å². The molecule has 138 valence electrons. The number of carbonyl (C=O) groups excluding carboxylic acids is 1. The third-order valence-corrected chi connectivity index (χ3v) is 4.32. The molecule has 0 unspecified atom stereocenters. The molecule has 3 rings (SSSR count). The van der Waals surface area contributed by atoms with Crippen LogP contribution in [0.5, 0.6) is 5.75 Å². The number of ether oxygens (including phenoxy) is 1. The average Bonchev–Trinajstić information content (AvgIpc) is 2.73. The van der Waals surface area contributed by atoms with E-state index in [0.717, 1.165) is 23.5 Å². The van der Waals surface area contributed by atoms with Gasteiger partial charge in [-0.05, 0) is 17.7 Å². The van der Waals surface area contributed by atoms with Crippen LogP contribution in [0.4, 0.5) is 5.69 Å². The highest BCUT2D eigenvalue weighted by Crippen LogP contribution is 2.18. The largest absolute Gasteiger partial charge is 0.496 e. The highest BCUT2D eigenvalue weighted by Gasteiger charge is 2.10. The normalized spacial score (nSPS) is 10.3. The van der Waals surface area contributed by atoms with E-state index < -0.39 is 0 Å². The fraction of sp³-hybridized carbons (Fsp3) is 0.182. The molecule has 2 aromatic carbocycles. The van der Waals surface area contributed by atoms with E-state index >= 15 is 0 Å². The van der Waals surface area contributed by atoms with Gasteiger partial charge in [0.1, 0.15) is 5.75 Å². The Morgan fingerprint density at radius 3 is 2.59 bits per heavy atom. The fourth-order valence-corrected chi connectivity index (χ4v) is 2.84. The third-order valence-electron chi connectivity index (χ3n) is 4.32. The Labute approximate surface area is 159 Å². The monoisotopic (exact) mass is 361 g/mol. The van der Waals surface area contributed by atoms with Crippen LogP contribution in [0.3, 0.4) is 0 Å². The van der Waals surface area contributed by atoms with E-state index in [1.807, 2.05) is 55.6 Å². The van der Waals surface area contributed by atoms with Crippen LogP contribution in [-0.2, 0) is 13.1 Å². The molecular formula is C22H23N3O2. The van der Waals surface area contributed by atoms with E-state index in [1.54, 1.807) is 19.5 Å². The molecule has 0 bridgehead atoms. The number of anilines is 1. The van der Waals surface area contributed by atoms with E-state index in [0.29, 0.717) is 12.1 Å². The minimum Gasteiger partial charge on any atom is -0.496 e. The van der Waals surface area contributed by atoms with Crippen LogP contribution in [0.1, 0.15) is 21.5 Å². The van der Waals surface area contributed by atoms with Gasteiger partial charge in [-0.25, -0.2) is 0 Å². The van der Waals surface area contributed by atoms with Gasteiger partial charge in [0.15, 0.2) is 0 Å². The maximum Gasteiger partial charge on any atom is 0.253 e. The molecule has 27 heavy (non-hydrogen) atoms. The molecule has 0 saturated heterocycles. The molecule has 0 fully saturated rings. The van der Waals surface area contributed by atoms with Crippen molar-refractivity contribution in [2.75, 3.05) is 19.1 Å². The van der Waals surface area contributed by atoms with Crippen molar-refractivity contribution >= 4 is 11.6 Å². The van der Waals surface area contributed by atoms with E-state index in [2.05, 4.69) is 27.3 Å². The van der Waals surface area contributed by atoms with Crippen LogP contribution in [0.25, 0.3) is 0 Å². The van der Waals surface area contributed by atoms with Gasteiger partial charge in [-0.1, -0.05) is 48.5 Å². The molecule has 1 heterocycles. The van der Waals surface area contributed by atoms with Crippen molar-refractivity contribution in [3.63, 3.8) is 0 Å². The Kier molecular flexibility index (Phi) is 6.05. The van der Waals surface area contributed by atoms with Crippen molar-refractivity contribution in [3.05, 3.63) is 89.7 Å². The number of pyridine rings is 1. The predicted molar refractivity (Wildman–Crippen MR) is 107 cm³/mol. The van der Waals surface area contributed by atoms with Crippen LogP contribution in [0.15, 0.2) is 73.1 Å². The van der Waals surface area contributed by atoms with Crippen LogP contribution in [-0.4, -0.2) is 25.0 Å². The Morgan fingerprint density at radius 1 is 1.07 bits per heavy atom. The maximum atomic E-state index is 12.5. The summed E-state index contributed by atoms with van der Waals surface area (Å²) in [6.45, 7) is 1.14. The fourth-order valence-electron chi connectivity index (χ4n) is 2.84. The quantitative estimate of drug-likeness (QED) is 0.698. The van der Waals surface area contributed by atoms with Crippen LogP contribution >= 0.6 is 0 Å². The maximum absolute atomic E-state index is 12.5. The van der Waals surface area contributed by atoms with Crippen molar-refractivity contribution in [3.8, 4) is 5.75 Å². The Hall–Kier alpha value is -3.34. The van der Waals surface area contributed by atoms with Crippen molar-refractivity contribution in [1.29, 1.82) is 0 Å². The van der Waals surface area contributed by atoms with Crippen LogP contribution < -0.4 is 15.0 Å². The molecule has 0 spiro atoms.